The first-order chi connectivity index (χ1) is 18.1. The highest BCUT2D eigenvalue weighted by Gasteiger charge is 2.28. The molecule has 0 bridgehead atoms. The molecule has 0 radical (unpaired) electrons. The molecule has 10 heteroatoms. The first kappa shape index (κ1) is 26.1. The number of nitrogens with zero attached hydrogens (tertiary/aromatic N) is 5. The summed E-state index contributed by atoms with van der Waals surface area (Å²) >= 11 is 0. The number of hydrogen-bond donors (Lipinski definition) is 2. The molecule has 38 heavy (non-hydrogen) atoms. The average Bonchev–Trinajstić information content (AvgIpc) is 3.31. The van der Waals surface area contributed by atoms with Crippen LogP contribution in [-0.2, 0) is 16.6 Å². The second-order valence-electron chi connectivity index (χ2n) is 10.7. The minimum absolute atomic E-state index is 0.221. The molecule has 9 nitrogen and oxygen atoms in total. The Kier molecular flexibility index (Phi) is 7.13. The van der Waals surface area contributed by atoms with E-state index in [1.54, 1.807) is 27.0 Å². The molecule has 5 rings (SSSR count). The van der Waals surface area contributed by atoms with E-state index < -0.39 is 14.8 Å². The smallest absolute Gasteiger partial charge is 0.229 e. The van der Waals surface area contributed by atoms with Gasteiger partial charge < -0.3 is 19.7 Å². The van der Waals surface area contributed by atoms with Crippen LogP contribution in [0.25, 0.3) is 16.7 Å². The maximum atomic E-state index is 12.5. The van der Waals surface area contributed by atoms with Crippen LogP contribution in [0, 0.1) is 0 Å². The number of nitrogens with one attached hydrogen (secondary N) is 2. The molecule has 1 aliphatic heterocycles. The van der Waals surface area contributed by atoms with E-state index in [4.69, 9.17) is 4.98 Å². The molecule has 2 aromatic heterocycles. The van der Waals surface area contributed by atoms with Gasteiger partial charge in [0.25, 0.3) is 0 Å². The normalized spacial score (nSPS) is 15.2. The lowest BCUT2D eigenvalue weighted by Gasteiger charge is -2.34. The zero-order valence-corrected chi connectivity index (χ0v) is 23.2. The van der Waals surface area contributed by atoms with Gasteiger partial charge in [-0.1, -0.05) is 12.1 Å². The lowest BCUT2D eigenvalue weighted by molar-refractivity contribution is 0.313. The topological polar surface area (TPSA) is 95.4 Å². The first-order valence-corrected chi connectivity index (χ1v) is 14.3. The third kappa shape index (κ3) is 5.67. The van der Waals surface area contributed by atoms with E-state index in [1.165, 1.54) is 5.69 Å². The molecule has 1 saturated heterocycles. The van der Waals surface area contributed by atoms with Crippen molar-refractivity contribution in [2.24, 2.45) is 0 Å². The van der Waals surface area contributed by atoms with Crippen LogP contribution < -0.4 is 14.9 Å². The number of hydrogen-bond acceptors (Lipinski definition) is 7. The number of benzene rings is 2. The second-order valence-corrected chi connectivity index (χ2v) is 13.2. The van der Waals surface area contributed by atoms with Gasteiger partial charge in [-0.05, 0) is 75.8 Å². The number of piperazine rings is 1. The maximum absolute atomic E-state index is 12.5. The van der Waals surface area contributed by atoms with E-state index in [2.05, 4.69) is 56.1 Å². The summed E-state index contributed by atoms with van der Waals surface area (Å²) in [5.41, 5.74) is 4.68. The molecule has 0 unspecified atom stereocenters. The van der Waals surface area contributed by atoms with Crippen molar-refractivity contribution in [1.29, 1.82) is 0 Å². The minimum Gasteiger partial charge on any atom is -0.369 e. The SMILES string of the molecule is CN1CCN(c2ccc(Nc3ncc4ccn(-c5cccc(CNS(=O)(=O)C(C)(C)C)c5)c4n3)cc2)CC1. The van der Waals surface area contributed by atoms with Gasteiger partial charge in [-0.3, -0.25) is 0 Å². The summed E-state index contributed by atoms with van der Waals surface area (Å²) in [7, 11) is -1.28. The highest BCUT2D eigenvalue weighted by Crippen LogP contribution is 2.24. The first-order valence-electron chi connectivity index (χ1n) is 12.8. The summed E-state index contributed by atoms with van der Waals surface area (Å²) < 4.78 is 28.8. The fraction of sp³-hybridized carbons (Fsp3) is 0.357. The molecule has 0 spiro atoms. The van der Waals surface area contributed by atoms with Gasteiger partial charge in [-0.25, -0.2) is 18.1 Å². The molecular weight excluding hydrogens is 498 g/mol. The van der Waals surface area contributed by atoms with Gasteiger partial charge in [0.1, 0.15) is 5.65 Å². The van der Waals surface area contributed by atoms with Crippen LogP contribution in [0.15, 0.2) is 67.0 Å². The van der Waals surface area contributed by atoms with E-state index in [9.17, 15) is 8.42 Å². The van der Waals surface area contributed by atoms with Crippen molar-refractivity contribution in [3.8, 4) is 5.69 Å². The Labute approximate surface area is 224 Å². The lowest BCUT2D eigenvalue weighted by Crippen LogP contribution is -2.44. The van der Waals surface area contributed by atoms with Gasteiger partial charge in [0, 0.05) is 67.6 Å². The Morgan fingerprint density at radius 3 is 2.39 bits per heavy atom. The summed E-state index contributed by atoms with van der Waals surface area (Å²) in [4.78, 5) is 14.0. The Morgan fingerprint density at radius 1 is 0.947 bits per heavy atom. The van der Waals surface area contributed by atoms with E-state index in [0.29, 0.717) is 5.95 Å². The third-order valence-corrected chi connectivity index (χ3v) is 9.02. The maximum Gasteiger partial charge on any atom is 0.229 e. The number of sulfonamides is 1. The van der Waals surface area contributed by atoms with Crippen LogP contribution in [0.5, 0.6) is 0 Å². The van der Waals surface area contributed by atoms with Crippen LogP contribution in [-0.4, -0.2) is 65.8 Å². The fourth-order valence-corrected chi connectivity index (χ4v) is 5.14. The quantitative estimate of drug-likeness (QED) is 0.369. The molecule has 200 valence electrons. The molecule has 2 aromatic carbocycles. The zero-order chi connectivity index (χ0) is 26.9. The van der Waals surface area contributed by atoms with Crippen molar-refractivity contribution in [2.45, 2.75) is 32.1 Å². The summed E-state index contributed by atoms with van der Waals surface area (Å²) in [6, 6.07) is 18.1. The van der Waals surface area contributed by atoms with E-state index >= 15 is 0 Å². The zero-order valence-electron chi connectivity index (χ0n) is 22.3. The molecule has 0 aliphatic carbocycles. The monoisotopic (exact) mass is 533 g/mol. The van der Waals surface area contributed by atoms with Crippen molar-refractivity contribution in [3.63, 3.8) is 0 Å². The van der Waals surface area contributed by atoms with Gasteiger partial charge in [0.05, 0.1) is 4.75 Å². The molecule has 3 heterocycles. The Balaban J connectivity index is 1.33. The standard InChI is InChI=1S/C28H35N7O2S/c1-28(2,3)38(36,37)30-19-21-6-5-7-25(18-21)35-13-12-22-20-29-27(32-26(22)35)31-23-8-10-24(11-9-23)34-16-14-33(4)15-17-34/h5-13,18,20,30H,14-17,19H2,1-4H3,(H,29,31,32). The Hall–Kier alpha value is -3.47. The molecule has 0 amide bonds. The average molecular weight is 534 g/mol. The second kappa shape index (κ2) is 10.4. The van der Waals surface area contributed by atoms with Crippen LogP contribution in [0.4, 0.5) is 17.3 Å². The van der Waals surface area contributed by atoms with Gasteiger partial charge >= 0.3 is 0 Å². The molecule has 4 aromatic rings. The number of rotatable bonds is 7. The molecule has 0 atom stereocenters. The van der Waals surface area contributed by atoms with E-state index in [-0.39, 0.29) is 6.54 Å². The van der Waals surface area contributed by atoms with Crippen LogP contribution in [0.2, 0.25) is 0 Å². The minimum atomic E-state index is -3.43. The number of aromatic nitrogens is 3. The van der Waals surface area contributed by atoms with E-state index in [0.717, 1.165) is 54.2 Å². The molecule has 1 aliphatic rings. The molecule has 0 saturated carbocycles. The summed E-state index contributed by atoms with van der Waals surface area (Å²) in [6.45, 7) is 9.48. The fourth-order valence-electron chi connectivity index (χ4n) is 4.35. The largest absolute Gasteiger partial charge is 0.369 e. The highest BCUT2D eigenvalue weighted by molar-refractivity contribution is 7.90. The predicted octanol–water partition coefficient (Wildman–Crippen LogP) is 4.13. The number of likely N-dealkylation sites (N-methyl/N-ethyl adjacent to an activating group) is 1. The molecule has 2 N–H and O–H groups in total. The highest BCUT2D eigenvalue weighted by atomic mass is 32.2. The molecular formula is C28H35N7O2S. The third-order valence-electron chi connectivity index (χ3n) is 6.88. The van der Waals surface area contributed by atoms with Gasteiger partial charge in [-0.15, -0.1) is 0 Å². The van der Waals surface area contributed by atoms with Crippen molar-refractivity contribution in [3.05, 3.63) is 72.6 Å². The number of anilines is 3. The van der Waals surface area contributed by atoms with Gasteiger partial charge in [0.15, 0.2) is 0 Å². The van der Waals surface area contributed by atoms with E-state index in [1.807, 2.05) is 41.1 Å². The van der Waals surface area contributed by atoms with Crippen molar-refractivity contribution >= 4 is 38.4 Å². The molecule has 1 fully saturated rings. The Morgan fingerprint density at radius 2 is 1.68 bits per heavy atom. The summed E-state index contributed by atoms with van der Waals surface area (Å²) in [6.07, 6.45) is 3.76. The van der Waals surface area contributed by atoms with Crippen LogP contribution in [0.1, 0.15) is 26.3 Å². The van der Waals surface area contributed by atoms with Crippen LogP contribution in [0.3, 0.4) is 0 Å². The van der Waals surface area contributed by atoms with Crippen LogP contribution >= 0.6 is 0 Å². The predicted molar refractivity (Wildman–Crippen MR) is 154 cm³/mol. The summed E-state index contributed by atoms with van der Waals surface area (Å²) in [5, 5.41) is 4.24. The number of fused-ring (bicyclic) bond motifs is 1. The summed E-state index contributed by atoms with van der Waals surface area (Å²) in [5.74, 6) is 0.513. The van der Waals surface area contributed by atoms with Crippen molar-refractivity contribution in [1.82, 2.24) is 24.2 Å². The van der Waals surface area contributed by atoms with Crippen molar-refractivity contribution in [2.75, 3.05) is 43.4 Å². The van der Waals surface area contributed by atoms with Gasteiger partial charge in [-0.2, -0.15) is 4.98 Å². The lowest BCUT2D eigenvalue weighted by atomic mass is 10.2. The van der Waals surface area contributed by atoms with Crippen molar-refractivity contribution < 1.29 is 8.42 Å². The van der Waals surface area contributed by atoms with Gasteiger partial charge in [0.2, 0.25) is 16.0 Å². The Bertz CT molecular complexity index is 1520.